The summed E-state index contributed by atoms with van der Waals surface area (Å²) in [7, 11) is -5.43. The molecule has 0 atom stereocenters. The summed E-state index contributed by atoms with van der Waals surface area (Å²) >= 11 is 0. The molecule has 3 aromatic rings. The predicted octanol–water partition coefficient (Wildman–Crippen LogP) is 3.46. The van der Waals surface area contributed by atoms with E-state index in [2.05, 4.69) is 5.32 Å². The molecule has 0 radical (unpaired) electrons. The summed E-state index contributed by atoms with van der Waals surface area (Å²) in [5.74, 6) is -1.11. The highest BCUT2D eigenvalue weighted by molar-refractivity contribution is 7.92. The number of hydrogen-bond donors (Lipinski definition) is 1. The van der Waals surface area contributed by atoms with E-state index in [0.717, 1.165) is 18.9 Å². The van der Waals surface area contributed by atoms with Crippen molar-refractivity contribution < 1.29 is 35.5 Å². The molecule has 1 fully saturated rings. The third kappa shape index (κ3) is 6.00. The Hall–Kier alpha value is -3.68. The van der Waals surface area contributed by atoms with Crippen LogP contribution in [0.1, 0.15) is 12.8 Å². The van der Waals surface area contributed by atoms with E-state index in [1.54, 1.807) is 0 Å². The first-order valence-corrected chi connectivity index (χ1v) is 14.9. The molecule has 1 aliphatic heterocycles. The zero-order valence-electron chi connectivity index (χ0n) is 21.3. The Kier molecular flexibility index (Phi) is 8.42. The normalized spacial score (nSPS) is 14.1. The fourth-order valence-corrected chi connectivity index (χ4v) is 7.14. The topological polar surface area (TPSA) is 122 Å². The van der Waals surface area contributed by atoms with E-state index in [4.69, 9.17) is 9.47 Å². The van der Waals surface area contributed by atoms with Crippen LogP contribution in [0.4, 0.5) is 15.8 Å². The van der Waals surface area contributed by atoms with Gasteiger partial charge in [0, 0.05) is 13.1 Å². The minimum atomic E-state index is -4.40. The molecule has 0 unspecified atom stereocenters. The van der Waals surface area contributed by atoms with Crippen LogP contribution in [0.5, 0.6) is 11.5 Å². The van der Waals surface area contributed by atoms with Crippen LogP contribution in [-0.2, 0) is 24.8 Å². The fraction of sp³-hybridized carbons (Fsp3) is 0.269. The molecule has 0 spiro atoms. The maximum absolute atomic E-state index is 14.8. The number of ether oxygens (including phenoxy) is 2. The van der Waals surface area contributed by atoms with E-state index in [1.165, 1.54) is 79.2 Å². The third-order valence-corrected chi connectivity index (χ3v) is 9.87. The van der Waals surface area contributed by atoms with Gasteiger partial charge >= 0.3 is 0 Å². The Morgan fingerprint density at radius 1 is 0.923 bits per heavy atom. The van der Waals surface area contributed by atoms with Crippen LogP contribution in [0.3, 0.4) is 0 Å². The highest BCUT2D eigenvalue weighted by atomic mass is 32.2. The molecule has 1 amide bonds. The number of methoxy groups -OCH3 is 2. The van der Waals surface area contributed by atoms with Crippen LogP contribution in [0.2, 0.25) is 0 Å². The summed E-state index contributed by atoms with van der Waals surface area (Å²) in [5.41, 5.74) is -0.307. The number of hydrogen-bond acceptors (Lipinski definition) is 7. The average molecular weight is 578 g/mol. The molecule has 1 saturated heterocycles. The Morgan fingerprint density at radius 3 is 2.18 bits per heavy atom. The van der Waals surface area contributed by atoms with Crippen LogP contribution in [0.25, 0.3) is 0 Å². The molecular formula is C26H28FN3O7S2. The number of nitrogens with one attached hydrogen (secondary N) is 1. The molecule has 13 heteroatoms. The smallest absolute Gasteiger partial charge is 0.264 e. The van der Waals surface area contributed by atoms with Gasteiger partial charge in [-0.3, -0.25) is 9.10 Å². The molecule has 0 saturated carbocycles. The van der Waals surface area contributed by atoms with E-state index in [-0.39, 0.29) is 26.9 Å². The van der Waals surface area contributed by atoms with Crippen molar-refractivity contribution in [1.82, 2.24) is 4.31 Å². The zero-order valence-corrected chi connectivity index (χ0v) is 23.0. The molecule has 1 N–H and O–H groups in total. The molecule has 1 aliphatic rings. The first kappa shape index (κ1) is 28.3. The highest BCUT2D eigenvalue weighted by Gasteiger charge is 2.31. The average Bonchev–Trinajstić information content (AvgIpc) is 3.48. The monoisotopic (exact) mass is 577 g/mol. The minimum Gasteiger partial charge on any atom is -0.497 e. The molecule has 0 aromatic heterocycles. The van der Waals surface area contributed by atoms with Gasteiger partial charge in [0.2, 0.25) is 15.9 Å². The largest absolute Gasteiger partial charge is 0.497 e. The van der Waals surface area contributed by atoms with Crippen molar-refractivity contribution in [3.05, 3.63) is 72.5 Å². The number of sulfonamides is 2. The van der Waals surface area contributed by atoms with Gasteiger partial charge in [-0.15, -0.1) is 0 Å². The lowest BCUT2D eigenvalue weighted by Crippen LogP contribution is -2.38. The van der Waals surface area contributed by atoms with Crippen molar-refractivity contribution in [2.24, 2.45) is 0 Å². The van der Waals surface area contributed by atoms with E-state index in [1.807, 2.05) is 0 Å². The maximum Gasteiger partial charge on any atom is 0.264 e. The van der Waals surface area contributed by atoms with Crippen LogP contribution < -0.4 is 19.1 Å². The van der Waals surface area contributed by atoms with E-state index >= 15 is 0 Å². The summed E-state index contributed by atoms with van der Waals surface area (Å²) in [4.78, 5) is 13.0. The Morgan fingerprint density at radius 2 is 1.56 bits per heavy atom. The van der Waals surface area contributed by atoms with Gasteiger partial charge in [-0.1, -0.05) is 12.1 Å². The van der Waals surface area contributed by atoms with Crippen molar-refractivity contribution >= 4 is 37.3 Å². The summed E-state index contributed by atoms with van der Waals surface area (Å²) in [6.45, 7) is -0.00466. The number of carbonyl (C=O) groups excluding carboxylic acids is 1. The van der Waals surface area contributed by atoms with Gasteiger partial charge in [-0.05, 0) is 67.4 Å². The number of nitrogens with zero attached hydrogens (tertiary/aromatic N) is 2. The molecule has 208 valence electrons. The molecule has 0 bridgehead atoms. The Balaban J connectivity index is 1.67. The SMILES string of the molecule is COc1ccc(S(=O)(=O)N(CC(=O)Nc2cc(S(=O)(=O)N3CCCC3)ccc2OC)c2ccccc2F)cc1. The van der Waals surface area contributed by atoms with Gasteiger partial charge in [0.1, 0.15) is 23.9 Å². The van der Waals surface area contributed by atoms with Gasteiger partial charge in [-0.2, -0.15) is 4.31 Å². The first-order chi connectivity index (χ1) is 18.6. The van der Waals surface area contributed by atoms with Crippen LogP contribution in [0, 0.1) is 5.82 Å². The van der Waals surface area contributed by atoms with E-state index in [9.17, 15) is 26.0 Å². The zero-order chi connectivity index (χ0) is 28.2. The first-order valence-electron chi connectivity index (χ1n) is 12.0. The quantitative estimate of drug-likeness (QED) is 0.392. The molecule has 10 nitrogen and oxygen atoms in total. The third-order valence-electron chi connectivity index (χ3n) is 6.20. The van der Waals surface area contributed by atoms with Gasteiger partial charge < -0.3 is 14.8 Å². The lowest BCUT2D eigenvalue weighted by Gasteiger charge is -2.25. The fourth-order valence-electron chi connectivity index (χ4n) is 4.17. The van der Waals surface area contributed by atoms with E-state index < -0.39 is 38.3 Å². The highest BCUT2D eigenvalue weighted by Crippen LogP contribution is 2.31. The lowest BCUT2D eigenvalue weighted by molar-refractivity contribution is -0.114. The number of anilines is 2. The van der Waals surface area contributed by atoms with Crippen molar-refractivity contribution in [1.29, 1.82) is 0 Å². The molecule has 3 aromatic carbocycles. The minimum absolute atomic E-state index is 0.0260. The van der Waals surface area contributed by atoms with Crippen LogP contribution in [0.15, 0.2) is 76.5 Å². The second kappa shape index (κ2) is 11.6. The van der Waals surface area contributed by atoms with Crippen molar-refractivity contribution in [3.8, 4) is 11.5 Å². The van der Waals surface area contributed by atoms with Gasteiger partial charge in [0.25, 0.3) is 10.0 Å². The number of rotatable bonds is 10. The van der Waals surface area contributed by atoms with Crippen LogP contribution in [-0.4, -0.2) is 60.9 Å². The summed E-state index contributed by atoms with van der Waals surface area (Å²) < 4.78 is 80.3. The van der Waals surface area contributed by atoms with Crippen LogP contribution >= 0.6 is 0 Å². The number of halogens is 1. The standard InChI is InChI=1S/C26H28FN3O7S2/c1-36-19-9-11-20(12-10-19)39(34,35)30(24-8-4-3-7-22(24)27)18-26(31)28-23-17-21(13-14-25(23)37-2)38(32,33)29-15-5-6-16-29/h3-4,7-14,17H,5-6,15-16,18H2,1-2H3,(H,28,31). The van der Waals surface area contributed by atoms with E-state index in [0.29, 0.717) is 23.1 Å². The Labute approximate surface area is 227 Å². The van der Waals surface area contributed by atoms with Gasteiger partial charge in [-0.25, -0.2) is 21.2 Å². The molecule has 0 aliphatic carbocycles. The summed E-state index contributed by atoms with van der Waals surface area (Å²) in [6.07, 6.45) is 1.51. The predicted molar refractivity (Wildman–Crippen MR) is 144 cm³/mol. The molecule has 1 heterocycles. The summed E-state index contributed by atoms with van der Waals surface area (Å²) in [5, 5.41) is 2.53. The summed E-state index contributed by atoms with van der Waals surface area (Å²) in [6, 6.07) is 14.7. The van der Waals surface area contributed by atoms with Gasteiger partial charge in [0.15, 0.2) is 0 Å². The second-order valence-corrected chi connectivity index (χ2v) is 12.5. The number of benzene rings is 3. The molecule has 39 heavy (non-hydrogen) atoms. The lowest BCUT2D eigenvalue weighted by atomic mass is 10.3. The number of carbonyl (C=O) groups is 1. The van der Waals surface area contributed by atoms with Crippen molar-refractivity contribution in [2.45, 2.75) is 22.6 Å². The number of amides is 1. The van der Waals surface area contributed by atoms with Gasteiger partial charge in [0.05, 0.1) is 35.4 Å². The second-order valence-electron chi connectivity index (χ2n) is 8.66. The molecular weight excluding hydrogens is 549 g/mol. The number of para-hydroxylation sites is 1. The molecule has 4 rings (SSSR count). The van der Waals surface area contributed by atoms with Crippen molar-refractivity contribution in [3.63, 3.8) is 0 Å². The van der Waals surface area contributed by atoms with Crippen molar-refractivity contribution in [2.75, 3.05) is 43.5 Å². The Bertz CT molecular complexity index is 1560. The maximum atomic E-state index is 14.8.